The van der Waals surface area contributed by atoms with Crippen molar-refractivity contribution in [1.29, 1.82) is 5.26 Å². The molecular weight excluding hydrogens is 328 g/mol. The lowest BCUT2D eigenvalue weighted by Gasteiger charge is -2.51. The number of rotatable bonds is 5. The number of ether oxygens (including phenoxy) is 2. The maximum absolute atomic E-state index is 11.5. The highest BCUT2D eigenvalue weighted by Gasteiger charge is 2.46. The van der Waals surface area contributed by atoms with Crippen molar-refractivity contribution in [3.8, 4) is 17.6 Å². The number of nitriles is 1. The van der Waals surface area contributed by atoms with Gasteiger partial charge in [0.15, 0.2) is 11.5 Å². The SMILES string of the molecule is CC[C@@H]1[C@@H]([C@H](C)C=O)C[C@H]2c3cc(OC)c(OC)cc3CCN2[C@@H]1C#N. The molecule has 0 aromatic heterocycles. The van der Waals surface area contributed by atoms with E-state index in [0.717, 1.165) is 43.6 Å². The second-order valence-corrected chi connectivity index (χ2v) is 7.45. The van der Waals surface area contributed by atoms with E-state index in [0.29, 0.717) is 0 Å². The molecule has 0 saturated carbocycles. The average molecular weight is 356 g/mol. The molecule has 0 bridgehead atoms. The minimum atomic E-state index is -0.146. The smallest absolute Gasteiger partial charge is 0.161 e. The molecule has 0 unspecified atom stereocenters. The number of hydrogen-bond acceptors (Lipinski definition) is 5. The summed E-state index contributed by atoms with van der Waals surface area (Å²) < 4.78 is 11.0. The van der Waals surface area contributed by atoms with E-state index >= 15 is 0 Å². The van der Waals surface area contributed by atoms with E-state index in [1.165, 1.54) is 11.1 Å². The van der Waals surface area contributed by atoms with Gasteiger partial charge in [0, 0.05) is 18.5 Å². The third-order valence-corrected chi connectivity index (χ3v) is 6.35. The lowest BCUT2D eigenvalue weighted by atomic mass is 9.68. The number of hydrogen-bond donors (Lipinski definition) is 0. The predicted octanol–water partition coefficient (Wildman–Crippen LogP) is 3.38. The zero-order valence-electron chi connectivity index (χ0n) is 16.1. The standard InChI is InChI=1S/C21H28N2O3/c1-5-15-16(13(2)12-24)9-18-17-10-21(26-4)20(25-3)8-14(17)6-7-23(18)19(15)11-22/h8,10,12-13,15-16,18-19H,5-7,9H2,1-4H3/t13-,15-,16-,18+,19-/m1/s1. The van der Waals surface area contributed by atoms with Crippen LogP contribution in [0.15, 0.2) is 12.1 Å². The first-order valence-corrected chi connectivity index (χ1v) is 9.44. The molecule has 5 nitrogen and oxygen atoms in total. The highest BCUT2D eigenvalue weighted by Crippen LogP contribution is 2.48. The normalized spacial score (nSPS) is 29.0. The zero-order valence-corrected chi connectivity index (χ0v) is 16.1. The van der Waals surface area contributed by atoms with Gasteiger partial charge in [-0.25, -0.2) is 0 Å². The van der Waals surface area contributed by atoms with Gasteiger partial charge in [-0.15, -0.1) is 0 Å². The van der Waals surface area contributed by atoms with Crippen LogP contribution in [0.3, 0.4) is 0 Å². The quantitative estimate of drug-likeness (QED) is 0.757. The molecule has 5 atom stereocenters. The summed E-state index contributed by atoms with van der Waals surface area (Å²) in [6.45, 7) is 4.98. The summed E-state index contributed by atoms with van der Waals surface area (Å²) >= 11 is 0. The molecule has 1 fully saturated rings. The molecule has 1 aromatic carbocycles. The third-order valence-electron chi connectivity index (χ3n) is 6.35. The highest BCUT2D eigenvalue weighted by molar-refractivity contribution is 5.54. The summed E-state index contributed by atoms with van der Waals surface area (Å²) in [7, 11) is 3.30. The van der Waals surface area contributed by atoms with Crippen LogP contribution in [-0.4, -0.2) is 38.0 Å². The maximum atomic E-state index is 11.5. The van der Waals surface area contributed by atoms with E-state index in [2.05, 4.69) is 30.0 Å². The van der Waals surface area contributed by atoms with Gasteiger partial charge in [0.1, 0.15) is 12.3 Å². The van der Waals surface area contributed by atoms with Gasteiger partial charge < -0.3 is 14.3 Å². The van der Waals surface area contributed by atoms with E-state index in [4.69, 9.17) is 9.47 Å². The summed E-state index contributed by atoms with van der Waals surface area (Å²) in [6.07, 6.45) is 3.77. The maximum Gasteiger partial charge on any atom is 0.161 e. The molecule has 0 aliphatic carbocycles. The second kappa shape index (κ2) is 7.67. The van der Waals surface area contributed by atoms with Crippen LogP contribution in [0.4, 0.5) is 0 Å². The fraction of sp³-hybridized carbons (Fsp3) is 0.619. The van der Waals surface area contributed by atoms with Gasteiger partial charge in [-0.05, 0) is 47.9 Å². The lowest BCUT2D eigenvalue weighted by Crippen LogP contribution is -2.53. The fourth-order valence-electron chi connectivity index (χ4n) is 4.96. The molecule has 0 spiro atoms. The average Bonchev–Trinajstić information content (AvgIpc) is 2.69. The van der Waals surface area contributed by atoms with Crippen LogP contribution in [0, 0.1) is 29.1 Å². The Kier molecular flexibility index (Phi) is 5.52. The van der Waals surface area contributed by atoms with E-state index in [-0.39, 0.29) is 29.8 Å². The van der Waals surface area contributed by atoms with E-state index in [1.54, 1.807) is 14.2 Å². The Morgan fingerprint density at radius 1 is 1.35 bits per heavy atom. The van der Waals surface area contributed by atoms with E-state index in [1.807, 2.05) is 6.92 Å². The minimum Gasteiger partial charge on any atom is -0.493 e. The zero-order chi connectivity index (χ0) is 18.8. The first-order valence-electron chi connectivity index (χ1n) is 9.44. The molecule has 140 valence electrons. The van der Waals surface area contributed by atoms with Crippen molar-refractivity contribution >= 4 is 6.29 Å². The lowest BCUT2D eigenvalue weighted by molar-refractivity contribution is -0.114. The molecule has 2 heterocycles. The molecular formula is C21H28N2O3. The molecule has 0 radical (unpaired) electrons. The molecule has 1 aromatic rings. The summed E-state index contributed by atoms with van der Waals surface area (Å²) in [4.78, 5) is 13.9. The predicted molar refractivity (Wildman–Crippen MR) is 99.2 cm³/mol. The Labute approximate surface area is 155 Å². The van der Waals surface area contributed by atoms with Crippen LogP contribution in [0.2, 0.25) is 0 Å². The van der Waals surface area contributed by atoms with Crippen molar-refractivity contribution in [1.82, 2.24) is 4.90 Å². The van der Waals surface area contributed by atoms with Gasteiger partial charge in [0.2, 0.25) is 0 Å². The van der Waals surface area contributed by atoms with Gasteiger partial charge in [0.05, 0.1) is 20.3 Å². The van der Waals surface area contributed by atoms with Gasteiger partial charge >= 0.3 is 0 Å². The van der Waals surface area contributed by atoms with Crippen LogP contribution >= 0.6 is 0 Å². The first-order chi connectivity index (χ1) is 12.6. The fourth-order valence-corrected chi connectivity index (χ4v) is 4.96. The number of benzene rings is 1. The number of fused-ring (bicyclic) bond motifs is 3. The van der Waals surface area contributed by atoms with Crippen LogP contribution in [-0.2, 0) is 11.2 Å². The van der Waals surface area contributed by atoms with Crippen molar-refractivity contribution in [2.24, 2.45) is 17.8 Å². The molecule has 2 aliphatic rings. The number of aldehydes is 1. The Hall–Kier alpha value is -2.06. The number of carbonyl (C=O) groups excluding carboxylic acids is 1. The Balaban J connectivity index is 2.06. The van der Waals surface area contributed by atoms with Crippen molar-refractivity contribution in [2.75, 3.05) is 20.8 Å². The summed E-state index contributed by atoms with van der Waals surface area (Å²) in [5.41, 5.74) is 2.47. The number of piperidine rings is 1. The molecule has 3 rings (SSSR count). The largest absolute Gasteiger partial charge is 0.493 e. The summed E-state index contributed by atoms with van der Waals surface area (Å²) in [5, 5.41) is 9.91. The Bertz CT molecular complexity index is 712. The topological polar surface area (TPSA) is 62.6 Å². The summed E-state index contributed by atoms with van der Waals surface area (Å²) in [6, 6.07) is 6.68. The van der Waals surface area contributed by atoms with Crippen LogP contribution in [0.1, 0.15) is 43.9 Å². The molecule has 5 heteroatoms. The van der Waals surface area contributed by atoms with Crippen LogP contribution in [0.25, 0.3) is 0 Å². The van der Waals surface area contributed by atoms with Crippen molar-refractivity contribution in [3.05, 3.63) is 23.3 Å². The molecule has 26 heavy (non-hydrogen) atoms. The van der Waals surface area contributed by atoms with Crippen LogP contribution in [0.5, 0.6) is 11.5 Å². The number of methoxy groups -OCH3 is 2. The number of carbonyl (C=O) groups is 1. The van der Waals surface area contributed by atoms with Gasteiger partial charge in [0.25, 0.3) is 0 Å². The van der Waals surface area contributed by atoms with Crippen molar-refractivity contribution in [2.45, 2.75) is 45.2 Å². The molecule has 0 N–H and O–H groups in total. The second-order valence-electron chi connectivity index (χ2n) is 7.45. The first kappa shape index (κ1) is 18.7. The third kappa shape index (κ3) is 2.97. The number of nitrogens with zero attached hydrogens (tertiary/aromatic N) is 2. The van der Waals surface area contributed by atoms with Crippen LogP contribution < -0.4 is 9.47 Å². The minimum absolute atomic E-state index is 0.0385. The van der Waals surface area contributed by atoms with E-state index < -0.39 is 0 Å². The Morgan fingerprint density at radius 3 is 2.62 bits per heavy atom. The highest BCUT2D eigenvalue weighted by atomic mass is 16.5. The van der Waals surface area contributed by atoms with Gasteiger partial charge in [-0.1, -0.05) is 20.3 Å². The van der Waals surface area contributed by atoms with Gasteiger partial charge in [-0.2, -0.15) is 5.26 Å². The van der Waals surface area contributed by atoms with Gasteiger partial charge in [-0.3, -0.25) is 4.90 Å². The van der Waals surface area contributed by atoms with Crippen molar-refractivity contribution < 1.29 is 14.3 Å². The van der Waals surface area contributed by atoms with E-state index in [9.17, 15) is 10.1 Å². The molecule has 2 aliphatic heterocycles. The molecule has 0 amide bonds. The molecule has 1 saturated heterocycles. The Morgan fingerprint density at radius 2 is 2.04 bits per heavy atom. The summed E-state index contributed by atoms with van der Waals surface area (Å²) in [5.74, 6) is 1.89. The van der Waals surface area contributed by atoms with Crippen molar-refractivity contribution in [3.63, 3.8) is 0 Å². The monoisotopic (exact) mass is 356 g/mol.